The predicted molar refractivity (Wildman–Crippen MR) is 128 cm³/mol. The zero-order chi connectivity index (χ0) is 24.9. The number of benzene rings is 3. The first kappa shape index (κ1) is 23.4. The molecule has 0 atom stereocenters. The fraction of sp³-hybridized carbons (Fsp3) is 0.111. The third-order valence-corrected chi connectivity index (χ3v) is 5.23. The van der Waals surface area contributed by atoms with Crippen molar-refractivity contribution in [2.45, 2.75) is 6.92 Å². The molecule has 1 aromatic heterocycles. The van der Waals surface area contributed by atoms with E-state index in [1.807, 2.05) is 19.1 Å². The first-order valence-electron chi connectivity index (χ1n) is 10.7. The van der Waals surface area contributed by atoms with Gasteiger partial charge < -0.3 is 14.2 Å². The minimum atomic E-state index is -0.760. The lowest BCUT2D eigenvalue weighted by Gasteiger charge is -2.07. The Morgan fingerprint density at radius 3 is 2.17 bits per heavy atom. The van der Waals surface area contributed by atoms with Crippen molar-refractivity contribution >= 4 is 17.9 Å². The van der Waals surface area contributed by atoms with Crippen molar-refractivity contribution in [1.29, 1.82) is 0 Å². The van der Waals surface area contributed by atoms with Gasteiger partial charge in [-0.25, -0.2) is 19.1 Å². The highest BCUT2D eigenvalue weighted by molar-refractivity contribution is 6.07. The molecule has 0 amide bonds. The molecule has 0 unspecified atom stereocenters. The number of hydrogen-bond acceptors (Lipinski definition) is 7. The van der Waals surface area contributed by atoms with Gasteiger partial charge in [0, 0.05) is 5.56 Å². The lowest BCUT2D eigenvalue weighted by molar-refractivity contribution is 0.0549. The van der Waals surface area contributed by atoms with Gasteiger partial charge in [0.05, 0.1) is 25.5 Å². The molecule has 0 spiro atoms. The maximum Gasteiger partial charge on any atom is 0.357 e. The molecule has 0 aliphatic heterocycles. The zero-order valence-electron chi connectivity index (χ0n) is 19.3. The number of esters is 3. The van der Waals surface area contributed by atoms with Gasteiger partial charge in [0.25, 0.3) is 0 Å². The summed E-state index contributed by atoms with van der Waals surface area (Å²) in [5.41, 5.74) is 2.36. The van der Waals surface area contributed by atoms with Crippen LogP contribution in [0.25, 0.3) is 16.9 Å². The summed E-state index contributed by atoms with van der Waals surface area (Å²) in [6, 6.07) is 22.4. The highest BCUT2D eigenvalue weighted by atomic mass is 16.5. The molecule has 8 nitrogen and oxygen atoms in total. The van der Waals surface area contributed by atoms with Gasteiger partial charge in [-0.3, -0.25) is 0 Å². The molecule has 8 heteroatoms. The summed E-state index contributed by atoms with van der Waals surface area (Å²) in [6.45, 7) is 1.88. The standard InChI is InChI=1S/C27H22N2O6/c1-17-9-7-11-19(15-17)25(30)35-21-14-8-10-18(16-21)23-22(26(31)33-2)24(27(32)34-3)29(28-23)20-12-5-4-6-13-20/h4-16H,1-3H3. The number of para-hydroxylation sites is 1. The van der Waals surface area contributed by atoms with Crippen LogP contribution >= 0.6 is 0 Å². The Labute approximate surface area is 201 Å². The minimum Gasteiger partial charge on any atom is -0.465 e. The number of carbonyl (C=O) groups is 3. The van der Waals surface area contributed by atoms with Crippen LogP contribution in [0.1, 0.15) is 36.8 Å². The van der Waals surface area contributed by atoms with Crippen LogP contribution in [0.3, 0.4) is 0 Å². The molecule has 0 aliphatic rings. The van der Waals surface area contributed by atoms with E-state index in [1.165, 1.54) is 18.9 Å². The highest BCUT2D eigenvalue weighted by Gasteiger charge is 2.31. The van der Waals surface area contributed by atoms with Crippen molar-refractivity contribution in [1.82, 2.24) is 9.78 Å². The van der Waals surface area contributed by atoms with E-state index in [9.17, 15) is 14.4 Å². The van der Waals surface area contributed by atoms with Gasteiger partial charge in [-0.05, 0) is 43.3 Å². The summed E-state index contributed by atoms with van der Waals surface area (Å²) >= 11 is 0. The van der Waals surface area contributed by atoms with E-state index in [0.29, 0.717) is 16.8 Å². The van der Waals surface area contributed by atoms with E-state index in [1.54, 1.807) is 66.7 Å². The quantitative estimate of drug-likeness (QED) is 0.299. The van der Waals surface area contributed by atoms with Crippen molar-refractivity contribution in [2.24, 2.45) is 0 Å². The lowest BCUT2D eigenvalue weighted by atomic mass is 10.1. The van der Waals surface area contributed by atoms with E-state index in [0.717, 1.165) is 5.56 Å². The Hall–Kier alpha value is -4.72. The molecule has 35 heavy (non-hydrogen) atoms. The third kappa shape index (κ3) is 4.81. The van der Waals surface area contributed by atoms with E-state index in [2.05, 4.69) is 5.10 Å². The zero-order valence-corrected chi connectivity index (χ0v) is 19.3. The molecule has 3 aromatic carbocycles. The Kier molecular flexibility index (Phi) is 6.73. The van der Waals surface area contributed by atoms with Gasteiger partial charge >= 0.3 is 17.9 Å². The molecule has 4 rings (SSSR count). The largest absolute Gasteiger partial charge is 0.465 e. The van der Waals surface area contributed by atoms with Crippen molar-refractivity contribution in [2.75, 3.05) is 14.2 Å². The van der Waals surface area contributed by atoms with E-state index >= 15 is 0 Å². The number of carbonyl (C=O) groups excluding carboxylic acids is 3. The van der Waals surface area contributed by atoms with Crippen LogP contribution in [0.2, 0.25) is 0 Å². The summed E-state index contributed by atoms with van der Waals surface area (Å²) < 4.78 is 16.8. The first-order valence-corrected chi connectivity index (χ1v) is 10.7. The lowest BCUT2D eigenvalue weighted by Crippen LogP contribution is -2.15. The first-order chi connectivity index (χ1) is 16.9. The molecule has 0 bridgehead atoms. The molecular formula is C27H22N2O6. The Morgan fingerprint density at radius 2 is 1.49 bits per heavy atom. The molecule has 0 fully saturated rings. The van der Waals surface area contributed by atoms with Crippen molar-refractivity contribution in [3.05, 3.63) is 101 Å². The van der Waals surface area contributed by atoms with Gasteiger partial charge in [0.15, 0.2) is 5.69 Å². The number of methoxy groups -OCH3 is 2. The molecule has 4 aromatic rings. The number of hydrogen-bond donors (Lipinski definition) is 0. The minimum absolute atomic E-state index is 0.0645. The van der Waals surface area contributed by atoms with Crippen LogP contribution in [-0.2, 0) is 9.47 Å². The molecule has 1 heterocycles. The van der Waals surface area contributed by atoms with E-state index < -0.39 is 17.9 Å². The average Bonchev–Trinajstić information content (AvgIpc) is 3.29. The van der Waals surface area contributed by atoms with Crippen LogP contribution in [0, 0.1) is 6.92 Å². The van der Waals surface area contributed by atoms with Crippen molar-refractivity contribution in [3.8, 4) is 22.7 Å². The highest BCUT2D eigenvalue weighted by Crippen LogP contribution is 2.31. The Bertz CT molecular complexity index is 1410. The third-order valence-electron chi connectivity index (χ3n) is 5.23. The number of aromatic nitrogens is 2. The topological polar surface area (TPSA) is 96.7 Å². The maximum atomic E-state index is 12.8. The van der Waals surface area contributed by atoms with Crippen molar-refractivity contribution < 1.29 is 28.6 Å². The number of aryl methyl sites for hydroxylation is 1. The average molecular weight is 470 g/mol. The van der Waals surface area contributed by atoms with Crippen LogP contribution in [-0.4, -0.2) is 41.9 Å². The predicted octanol–water partition coefficient (Wildman–Crippen LogP) is 4.64. The normalized spacial score (nSPS) is 10.5. The fourth-order valence-corrected chi connectivity index (χ4v) is 3.60. The second kappa shape index (κ2) is 10.0. The molecule has 0 saturated heterocycles. The molecular weight excluding hydrogens is 448 g/mol. The second-order valence-electron chi connectivity index (χ2n) is 7.59. The summed E-state index contributed by atoms with van der Waals surface area (Å²) in [5, 5.41) is 4.55. The summed E-state index contributed by atoms with van der Waals surface area (Å²) in [4.78, 5) is 38.2. The van der Waals surface area contributed by atoms with Crippen molar-refractivity contribution in [3.63, 3.8) is 0 Å². The maximum absolute atomic E-state index is 12.8. The van der Waals surface area contributed by atoms with Crippen LogP contribution in [0.15, 0.2) is 78.9 Å². The van der Waals surface area contributed by atoms with Crippen LogP contribution in [0.5, 0.6) is 5.75 Å². The monoisotopic (exact) mass is 470 g/mol. The smallest absolute Gasteiger partial charge is 0.357 e. The van der Waals surface area contributed by atoms with E-state index in [4.69, 9.17) is 14.2 Å². The summed E-state index contributed by atoms with van der Waals surface area (Å²) in [5.74, 6) is -1.79. The fourth-order valence-electron chi connectivity index (χ4n) is 3.60. The molecule has 0 saturated carbocycles. The van der Waals surface area contributed by atoms with E-state index in [-0.39, 0.29) is 22.7 Å². The second-order valence-corrected chi connectivity index (χ2v) is 7.59. The number of ether oxygens (including phenoxy) is 3. The summed E-state index contributed by atoms with van der Waals surface area (Å²) in [6.07, 6.45) is 0. The Balaban J connectivity index is 1.82. The van der Waals surface area contributed by atoms with Crippen LogP contribution < -0.4 is 4.74 Å². The number of nitrogens with zero attached hydrogens (tertiary/aromatic N) is 2. The van der Waals surface area contributed by atoms with Gasteiger partial charge in [-0.15, -0.1) is 0 Å². The summed E-state index contributed by atoms with van der Waals surface area (Å²) in [7, 11) is 2.43. The van der Waals surface area contributed by atoms with Gasteiger partial charge in [-0.2, -0.15) is 5.10 Å². The molecule has 176 valence electrons. The molecule has 0 aliphatic carbocycles. The van der Waals surface area contributed by atoms with Crippen LogP contribution in [0.4, 0.5) is 0 Å². The van der Waals surface area contributed by atoms with Gasteiger partial charge in [0.1, 0.15) is 17.0 Å². The van der Waals surface area contributed by atoms with Gasteiger partial charge in [0.2, 0.25) is 0 Å². The SMILES string of the molecule is COC(=O)c1c(-c2cccc(OC(=O)c3cccc(C)c3)c2)nn(-c2ccccc2)c1C(=O)OC. The molecule has 0 radical (unpaired) electrons. The number of rotatable bonds is 6. The van der Waals surface area contributed by atoms with Gasteiger partial charge in [-0.1, -0.05) is 48.0 Å². The Morgan fingerprint density at radius 1 is 0.771 bits per heavy atom. The molecule has 0 N–H and O–H groups in total.